The lowest BCUT2D eigenvalue weighted by Crippen LogP contribution is -2.44. The first kappa shape index (κ1) is 14.3. The number of aliphatic carboxylic acids is 1. The number of carbonyl (C=O) groups is 1. The van der Waals surface area contributed by atoms with Gasteiger partial charge in [-0.15, -0.1) is 0 Å². The van der Waals surface area contributed by atoms with Crippen LogP contribution in [-0.2, 0) is 15.0 Å². The predicted octanol–water partition coefficient (Wildman–Crippen LogP) is 1.00. The van der Waals surface area contributed by atoms with E-state index >= 15 is 0 Å². The molecule has 0 saturated heterocycles. The van der Waals surface area contributed by atoms with Crippen LogP contribution in [0.1, 0.15) is 11.1 Å². The van der Waals surface area contributed by atoms with Gasteiger partial charge in [0, 0.05) is 0 Å². The Morgan fingerprint density at radius 2 is 1.30 bits per heavy atom. The van der Waals surface area contributed by atoms with Crippen LogP contribution in [0, 0.1) is 0 Å². The van der Waals surface area contributed by atoms with Crippen molar-refractivity contribution in [2.45, 2.75) is 5.60 Å². The molecule has 0 aliphatic rings. The molecular formula is C14H13BO5. The van der Waals surface area contributed by atoms with Gasteiger partial charge in [-0.05, 0) is 11.1 Å². The van der Waals surface area contributed by atoms with Crippen molar-refractivity contribution in [1.29, 1.82) is 0 Å². The normalized spacial score (nSPS) is 11.1. The Balaban J connectivity index is 2.66. The van der Waals surface area contributed by atoms with Gasteiger partial charge in [0.15, 0.2) is 0 Å². The van der Waals surface area contributed by atoms with E-state index in [1.165, 1.54) is 0 Å². The molecule has 0 aliphatic carbocycles. The van der Waals surface area contributed by atoms with Crippen LogP contribution < -0.4 is 0 Å². The highest BCUT2D eigenvalue weighted by molar-refractivity contribution is 6.33. The molecule has 0 aliphatic heterocycles. The van der Waals surface area contributed by atoms with Crippen molar-refractivity contribution >= 4 is 13.3 Å². The Hall–Kier alpha value is -2.15. The van der Waals surface area contributed by atoms with E-state index < -0.39 is 18.9 Å². The highest BCUT2D eigenvalue weighted by atomic mass is 16.6. The van der Waals surface area contributed by atoms with E-state index in [4.69, 9.17) is 14.7 Å². The number of rotatable bonds is 5. The van der Waals surface area contributed by atoms with E-state index in [-0.39, 0.29) is 0 Å². The molecule has 2 rings (SSSR count). The molecule has 0 saturated carbocycles. The lowest BCUT2D eigenvalue weighted by molar-refractivity contribution is -0.155. The third-order valence-corrected chi connectivity index (χ3v) is 2.94. The van der Waals surface area contributed by atoms with Crippen LogP contribution >= 0.6 is 0 Å². The summed E-state index contributed by atoms with van der Waals surface area (Å²) < 4.78 is 4.98. The molecule has 2 aromatic carbocycles. The topological polar surface area (TPSA) is 87.0 Å². The summed E-state index contributed by atoms with van der Waals surface area (Å²) in [7, 11) is -2.22. The van der Waals surface area contributed by atoms with Crippen LogP contribution in [0.15, 0.2) is 60.7 Å². The van der Waals surface area contributed by atoms with Crippen LogP contribution in [0.25, 0.3) is 0 Å². The van der Waals surface area contributed by atoms with Gasteiger partial charge in [0.1, 0.15) is 0 Å². The smallest absolute Gasteiger partial charge is 0.479 e. The molecule has 102 valence electrons. The fourth-order valence-corrected chi connectivity index (χ4v) is 2.10. The molecule has 0 amide bonds. The summed E-state index contributed by atoms with van der Waals surface area (Å²) in [4.78, 5) is 11.8. The summed E-state index contributed by atoms with van der Waals surface area (Å²) in [6.07, 6.45) is 0. The Bertz CT molecular complexity index is 531. The number of benzene rings is 2. The minimum Gasteiger partial charge on any atom is -0.479 e. The van der Waals surface area contributed by atoms with Gasteiger partial charge in [0.25, 0.3) is 0 Å². The van der Waals surface area contributed by atoms with Gasteiger partial charge in [-0.25, -0.2) is 4.79 Å². The van der Waals surface area contributed by atoms with E-state index in [1.807, 2.05) is 0 Å². The number of carboxylic acids is 1. The van der Waals surface area contributed by atoms with Gasteiger partial charge >= 0.3 is 13.3 Å². The zero-order chi connectivity index (χ0) is 14.6. The Morgan fingerprint density at radius 3 is 1.60 bits per heavy atom. The highest BCUT2D eigenvalue weighted by Gasteiger charge is 2.46. The molecule has 0 aromatic heterocycles. The second kappa shape index (κ2) is 5.87. The number of hydrogen-bond acceptors (Lipinski definition) is 4. The van der Waals surface area contributed by atoms with Crippen molar-refractivity contribution in [2.24, 2.45) is 0 Å². The highest BCUT2D eigenvalue weighted by Crippen LogP contribution is 2.34. The van der Waals surface area contributed by atoms with Gasteiger partial charge < -0.3 is 19.8 Å². The summed E-state index contributed by atoms with van der Waals surface area (Å²) in [5, 5.41) is 27.9. The molecule has 20 heavy (non-hydrogen) atoms. The summed E-state index contributed by atoms with van der Waals surface area (Å²) in [5.74, 6) is -1.33. The molecule has 3 N–H and O–H groups in total. The largest absolute Gasteiger partial charge is 0.635 e. The van der Waals surface area contributed by atoms with Crippen LogP contribution in [0.4, 0.5) is 0 Å². The van der Waals surface area contributed by atoms with Gasteiger partial charge in [-0.3, -0.25) is 0 Å². The molecule has 0 heterocycles. The molecule has 0 radical (unpaired) electrons. The van der Waals surface area contributed by atoms with Crippen molar-refractivity contribution in [3.8, 4) is 0 Å². The zero-order valence-corrected chi connectivity index (χ0v) is 10.5. The molecule has 0 spiro atoms. The first-order valence-electron chi connectivity index (χ1n) is 5.96. The minimum absolute atomic E-state index is 0.298. The maximum Gasteiger partial charge on any atom is 0.635 e. The van der Waals surface area contributed by atoms with Crippen LogP contribution in [0.2, 0.25) is 0 Å². The molecule has 0 unspecified atom stereocenters. The van der Waals surface area contributed by atoms with Crippen molar-refractivity contribution in [3.05, 3.63) is 71.8 Å². The van der Waals surface area contributed by atoms with E-state index in [9.17, 15) is 9.90 Å². The third-order valence-electron chi connectivity index (χ3n) is 2.94. The molecule has 5 nitrogen and oxygen atoms in total. The van der Waals surface area contributed by atoms with Gasteiger partial charge in [-0.1, -0.05) is 60.7 Å². The molecular weight excluding hydrogens is 259 g/mol. The van der Waals surface area contributed by atoms with E-state index in [0.717, 1.165) is 0 Å². The molecule has 2 aromatic rings. The van der Waals surface area contributed by atoms with Crippen molar-refractivity contribution < 1.29 is 24.6 Å². The fraction of sp³-hybridized carbons (Fsp3) is 0.0714. The number of carboxylic acid groups (broad SMARTS) is 1. The molecule has 0 fully saturated rings. The SMILES string of the molecule is O=C(O)C(OB(O)O)(c1ccccc1)c1ccccc1. The van der Waals surface area contributed by atoms with Crippen molar-refractivity contribution in [3.63, 3.8) is 0 Å². The summed E-state index contributed by atoms with van der Waals surface area (Å²) in [6, 6.07) is 16.3. The van der Waals surface area contributed by atoms with E-state index in [2.05, 4.69) is 0 Å². The Kier molecular flexibility index (Phi) is 4.19. The van der Waals surface area contributed by atoms with Crippen molar-refractivity contribution in [1.82, 2.24) is 0 Å². The number of hydrogen-bond donors (Lipinski definition) is 3. The lowest BCUT2D eigenvalue weighted by atomic mass is 9.85. The maximum atomic E-state index is 11.8. The predicted molar refractivity (Wildman–Crippen MR) is 72.6 cm³/mol. The minimum atomic E-state index is -2.22. The van der Waals surface area contributed by atoms with Crippen LogP contribution in [-0.4, -0.2) is 28.4 Å². The lowest BCUT2D eigenvalue weighted by Gasteiger charge is -2.30. The average Bonchev–Trinajstić information content (AvgIpc) is 2.46. The van der Waals surface area contributed by atoms with Gasteiger partial charge in [-0.2, -0.15) is 0 Å². The molecule has 6 heteroatoms. The summed E-state index contributed by atoms with van der Waals surface area (Å²) in [6.45, 7) is 0. The quantitative estimate of drug-likeness (QED) is 0.707. The first-order chi connectivity index (χ1) is 9.57. The fourth-order valence-electron chi connectivity index (χ4n) is 2.10. The maximum absolute atomic E-state index is 11.8. The monoisotopic (exact) mass is 272 g/mol. The molecule has 0 atom stereocenters. The van der Waals surface area contributed by atoms with Crippen LogP contribution in [0.5, 0.6) is 0 Å². The average molecular weight is 272 g/mol. The molecule has 0 bridgehead atoms. The Labute approximate surface area is 116 Å². The van der Waals surface area contributed by atoms with Gasteiger partial charge in [0.2, 0.25) is 5.60 Å². The first-order valence-corrected chi connectivity index (χ1v) is 5.96. The Morgan fingerprint density at radius 1 is 0.900 bits per heavy atom. The summed E-state index contributed by atoms with van der Waals surface area (Å²) in [5.41, 5.74) is -1.38. The van der Waals surface area contributed by atoms with E-state index in [1.54, 1.807) is 60.7 Å². The van der Waals surface area contributed by atoms with Crippen molar-refractivity contribution in [2.75, 3.05) is 0 Å². The third kappa shape index (κ3) is 2.58. The second-order valence-corrected chi connectivity index (χ2v) is 4.16. The van der Waals surface area contributed by atoms with Gasteiger partial charge in [0.05, 0.1) is 0 Å². The zero-order valence-electron chi connectivity index (χ0n) is 10.5. The second-order valence-electron chi connectivity index (χ2n) is 4.16. The summed E-state index contributed by atoms with van der Waals surface area (Å²) >= 11 is 0. The van der Waals surface area contributed by atoms with E-state index in [0.29, 0.717) is 11.1 Å². The van der Waals surface area contributed by atoms with Crippen LogP contribution in [0.3, 0.4) is 0 Å². The standard InChI is InChI=1S/C14H13BO5/c16-13(17)14(20-15(18)19,11-7-3-1-4-8-11)12-9-5-2-6-10-12/h1-10,18-19H,(H,16,17).